The first kappa shape index (κ1) is 30.4. The van der Waals surface area contributed by atoms with Crippen LogP contribution in [0.3, 0.4) is 0 Å². The van der Waals surface area contributed by atoms with Gasteiger partial charge in [-0.2, -0.15) is 0 Å². The van der Waals surface area contributed by atoms with E-state index in [9.17, 15) is 0 Å². The van der Waals surface area contributed by atoms with Crippen molar-refractivity contribution in [3.05, 3.63) is 23.8 Å². The van der Waals surface area contributed by atoms with Gasteiger partial charge in [-0.1, -0.05) is 95.2 Å². The van der Waals surface area contributed by atoms with Crippen molar-refractivity contribution in [2.45, 2.75) is 134 Å². The predicted octanol–water partition coefficient (Wildman–Crippen LogP) is 9.10. The average Bonchev–Trinajstić information content (AvgIpc) is 3.11. The van der Waals surface area contributed by atoms with Gasteiger partial charge in [-0.3, -0.25) is 0 Å². The summed E-state index contributed by atoms with van der Waals surface area (Å²) in [5.41, 5.74) is 3.13. The molecule has 2 atom stereocenters. The molecule has 2 rings (SSSR count). The molecule has 4 nitrogen and oxygen atoms in total. The molecule has 1 aromatic rings. The number of para-hydroxylation sites is 1. The first-order chi connectivity index (χ1) is 16.0. The van der Waals surface area contributed by atoms with Gasteiger partial charge in [0.05, 0.1) is 7.11 Å². The molecule has 1 aromatic carbocycles. The monoisotopic (exact) mass is 522 g/mol. The van der Waals surface area contributed by atoms with Crippen LogP contribution in [0.5, 0.6) is 11.5 Å². The van der Waals surface area contributed by atoms with Gasteiger partial charge in [0.2, 0.25) is 8.32 Å². The van der Waals surface area contributed by atoms with E-state index in [1.165, 1.54) is 5.56 Å². The molecule has 0 saturated carbocycles. The van der Waals surface area contributed by atoms with Gasteiger partial charge >= 0.3 is 0 Å². The second-order valence-electron chi connectivity index (χ2n) is 13.5. The van der Waals surface area contributed by atoms with E-state index in [2.05, 4.69) is 101 Å². The van der Waals surface area contributed by atoms with Gasteiger partial charge in [0, 0.05) is 13.5 Å². The molecule has 1 aliphatic rings. The van der Waals surface area contributed by atoms with Crippen LogP contribution >= 0.6 is 0 Å². The van der Waals surface area contributed by atoms with Crippen molar-refractivity contribution in [2.24, 2.45) is 0 Å². The molecule has 0 radical (unpaired) electrons. The number of hydrogen-bond acceptors (Lipinski definition) is 4. The zero-order valence-electron chi connectivity index (χ0n) is 25.2. The maximum absolute atomic E-state index is 7.30. The summed E-state index contributed by atoms with van der Waals surface area (Å²) in [7, 11) is -0.928. The SMILES string of the molecule is COc1cccc(C[C@H]2CC(OC)O[Si]2(C(C)(C)C)C(C)(C)C)c1O[Si](C(C)C)(C(C)C)C(C)C. The fourth-order valence-corrected chi connectivity index (χ4v) is 20.1. The van der Waals surface area contributed by atoms with Crippen molar-refractivity contribution in [3.63, 3.8) is 0 Å². The van der Waals surface area contributed by atoms with Gasteiger partial charge < -0.3 is 18.3 Å². The minimum Gasteiger partial charge on any atom is -0.540 e. The van der Waals surface area contributed by atoms with Crippen molar-refractivity contribution in [1.82, 2.24) is 0 Å². The smallest absolute Gasteiger partial charge is 0.258 e. The summed E-state index contributed by atoms with van der Waals surface area (Å²) in [6.07, 6.45) is 1.71. The molecule has 1 aliphatic heterocycles. The first-order valence-electron chi connectivity index (χ1n) is 13.5. The highest BCUT2D eigenvalue weighted by molar-refractivity contribution is 6.81. The average molecular weight is 523 g/mol. The third-order valence-electron chi connectivity index (χ3n) is 8.59. The minimum atomic E-state index is -2.32. The van der Waals surface area contributed by atoms with E-state index in [1.54, 1.807) is 14.2 Å². The van der Waals surface area contributed by atoms with Gasteiger partial charge in [0.15, 0.2) is 5.75 Å². The molecule has 1 fully saturated rings. The van der Waals surface area contributed by atoms with Crippen LogP contribution in [0.4, 0.5) is 0 Å². The number of methoxy groups -OCH3 is 2. The fraction of sp³-hybridized carbons (Fsp3) is 0.793. The summed E-state index contributed by atoms with van der Waals surface area (Å²) in [5.74, 6) is 1.81. The summed E-state index contributed by atoms with van der Waals surface area (Å²) in [4.78, 5) is 0. The molecule has 0 amide bonds. The van der Waals surface area contributed by atoms with E-state index >= 15 is 0 Å². The second-order valence-corrected chi connectivity index (χ2v) is 24.4. The highest BCUT2D eigenvalue weighted by atomic mass is 28.4. The zero-order chi connectivity index (χ0) is 27.0. The van der Waals surface area contributed by atoms with E-state index in [0.717, 1.165) is 24.3 Å². The molecule has 0 spiro atoms. The van der Waals surface area contributed by atoms with Crippen molar-refractivity contribution in [1.29, 1.82) is 0 Å². The number of benzene rings is 1. The van der Waals surface area contributed by atoms with Crippen LogP contribution in [0.1, 0.15) is 95.1 Å². The van der Waals surface area contributed by atoms with Crippen LogP contribution < -0.4 is 9.16 Å². The standard InChI is InChI=1S/C29H54O4Si2/c1-20(2)34(21(3)4,22(5)6)33-27-23(16-15-17-25(27)30-13)18-24-19-26(31-14)32-35(24,28(7,8)9)29(10,11)12/h15-17,20-22,24,26H,18-19H2,1-14H3/t24-,26?/m0/s1. The van der Waals surface area contributed by atoms with Crippen LogP contribution in [0.2, 0.25) is 32.2 Å². The molecule has 0 aromatic heterocycles. The molecule has 0 bridgehead atoms. The first-order valence-corrected chi connectivity index (χ1v) is 17.7. The van der Waals surface area contributed by atoms with Gasteiger partial charge in [0.1, 0.15) is 12.0 Å². The Bertz CT molecular complexity index is 800. The molecule has 35 heavy (non-hydrogen) atoms. The third-order valence-corrected chi connectivity index (χ3v) is 21.2. The summed E-state index contributed by atoms with van der Waals surface area (Å²) in [6.45, 7) is 28.2. The highest BCUT2D eigenvalue weighted by Crippen LogP contribution is 2.63. The molecule has 1 unspecified atom stereocenters. The van der Waals surface area contributed by atoms with Crippen molar-refractivity contribution in [2.75, 3.05) is 14.2 Å². The van der Waals surface area contributed by atoms with Crippen LogP contribution in [0, 0.1) is 0 Å². The number of rotatable bonds is 9. The van der Waals surface area contributed by atoms with Gasteiger partial charge in [-0.15, -0.1) is 0 Å². The summed E-state index contributed by atoms with van der Waals surface area (Å²) < 4.78 is 26.0. The van der Waals surface area contributed by atoms with E-state index in [1.807, 2.05) is 0 Å². The molecule has 1 heterocycles. The summed E-state index contributed by atoms with van der Waals surface area (Å²) in [5, 5.41) is 0.130. The Kier molecular flexibility index (Phi) is 9.45. The molecular weight excluding hydrogens is 468 g/mol. The normalized spacial score (nSPS) is 21.3. The van der Waals surface area contributed by atoms with Crippen LogP contribution in [-0.2, 0) is 15.6 Å². The lowest BCUT2D eigenvalue weighted by Gasteiger charge is -2.51. The molecular formula is C29H54O4Si2. The van der Waals surface area contributed by atoms with E-state index in [-0.39, 0.29) is 16.4 Å². The third kappa shape index (κ3) is 5.41. The Morgan fingerprint density at radius 2 is 1.43 bits per heavy atom. The number of hydrogen-bond donors (Lipinski definition) is 0. The maximum Gasteiger partial charge on any atom is 0.258 e. The fourth-order valence-electron chi connectivity index (χ4n) is 7.62. The van der Waals surface area contributed by atoms with Crippen LogP contribution in [0.25, 0.3) is 0 Å². The Hall–Kier alpha value is -0.826. The topological polar surface area (TPSA) is 36.9 Å². The maximum atomic E-state index is 7.30. The minimum absolute atomic E-state index is 0.0649. The molecule has 6 heteroatoms. The quantitative estimate of drug-likeness (QED) is 0.303. The lowest BCUT2D eigenvalue weighted by Crippen LogP contribution is -2.55. The Morgan fingerprint density at radius 1 is 0.914 bits per heavy atom. The molecule has 0 aliphatic carbocycles. The van der Waals surface area contributed by atoms with E-state index in [4.69, 9.17) is 18.3 Å². The Labute approximate surface area is 218 Å². The van der Waals surface area contributed by atoms with Crippen LogP contribution in [0.15, 0.2) is 18.2 Å². The van der Waals surface area contributed by atoms with Gasteiger partial charge in [0.25, 0.3) is 8.32 Å². The second kappa shape index (κ2) is 10.9. The lowest BCUT2D eigenvalue weighted by molar-refractivity contribution is -0.0498. The van der Waals surface area contributed by atoms with Gasteiger partial charge in [-0.25, -0.2) is 0 Å². The molecule has 202 valence electrons. The van der Waals surface area contributed by atoms with Crippen molar-refractivity contribution >= 4 is 16.6 Å². The van der Waals surface area contributed by atoms with Crippen molar-refractivity contribution in [3.8, 4) is 11.5 Å². The lowest BCUT2D eigenvalue weighted by atomic mass is 10.1. The predicted molar refractivity (Wildman–Crippen MR) is 154 cm³/mol. The Balaban J connectivity index is 2.68. The van der Waals surface area contributed by atoms with Gasteiger partial charge in [-0.05, 0) is 50.3 Å². The highest BCUT2D eigenvalue weighted by Gasteiger charge is 2.64. The summed E-state index contributed by atoms with van der Waals surface area (Å²) in [6, 6.07) is 6.42. The van der Waals surface area contributed by atoms with E-state index in [0.29, 0.717) is 22.2 Å². The zero-order valence-corrected chi connectivity index (χ0v) is 27.2. The number of ether oxygens (including phenoxy) is 2. The largest absolute Gasteiger partial charge is 0.540 e. The molecule has 0 N–H and O–H groups in total. The summed E-state index contributed by atoms with van der Waals surface area (Å²) >= 11 is 0. The Morgan fingerprint density at radius 3 is 1.83 bits per heavy atom. The van der Waals surface area contributed by atoms with Crippen LogP contribution in [-0.4, -0.2) is 37.1 Å². The van der Waals surface area contributed by atoms with Crippen molar-refractivity contribution < 1.29 is 18.3 Å². The molecule has 1 saturated heterocycles. The van der Waals surface area contributed by atoms with E-state index < -0.39 is 16.6 Å².